The van der Waals surface area contributed by atoms with Crippen molar-refractivity contribution < 1.29 is 9.90 Å². The maximum Gasteiger partial charge on any atom is 0.156 e. The summed E-state index contributed by atoms with van der Waals surface area (Å²) in [6.45, 7) is 2.15. The van der Waals surface area contributed by atoms with Crippen LogP contribution in [0, 0.1) is 29.6 Å². The zero-order valence-electron chi connectivity index (χ0n) is 13.8. The number of aliphatic hydroxyl groups is 1. The van der Waals surface area contributed by atoms with Crippen LogP contribution in [0.4, 0.5) is 0 Å². The molecule has 4 aliphatic carbocycles. The van der Waals surface area contributed by atoms with Gasteiger partial charge in [0, 0.05) is 11.8 Å². The van der Waals surface area contributed by atoms with Crippen molar-refractivity contribution in [3.8, 4) is 12.3 Å². The molecule has 2 heteroatoms. The average Bonchev–Trinajstić information content (AvgIpc) is 2.88. The third-order valence-corrected chi connectivity index (χ3v) is 6.94. The molecule has 0 saturated heterocycles. The van der Waals surface area contributed by atoms with Gasteiger partial charge in [0.2, 0.25) is 0 Å². The summed E-state index contributed by atoms with van der Waals surface area (Å²) < 4.78 is 0. The first-order valence-electron chi connectivity index (χ1n) is 8.91. The molecule has 1 saturated carbocycles. The summed E-state index contributed by atoms with van der Waals surface area (Å²) in [4.78, 5) is 11.7. The molecule has 1 N–H and O–H groups in total. The molecule has 0 bridgehead atoms. The van der Waals surface area contributed by atoms with Crippen LogP contribution in [0.25, 0.3) is 0 Å². The van der Waals surface area contributed by atoms with Crippen LogP contribution in [0.2, 0.25) is 0 Å². The molecule has 120 valence electrons. The smallest absolute Gasteiger partial charge is 0.156 e. The van der Waals surface area contributed by atoms with Gasteiger partial charge >= 0.3 is 0 Å². The summed E-state index contributed by atoms with van der Waals surface area (Å²) in [7, 11) is 0. The molecule has 23 heavy (non-hydrogen) atoms. The summed E-state index contributed by atoms with van der Waals surface area (Å²) in [6.07, 6.45) is 18.2. The zero-order valence-corrected chi connectivity index (χ0v) is 13.8. The van der Waals surface area contributed by atoms with E-state index in [1.54, 1.807) is 0 Å². The quantitative estimate of drug-likeness (QED) is 0.750. The average molecular weight is 308 g/mol. The van der Waals surface area contributed by atoms with Gasteiger partial charge in [0.25, 0.3) is 0 Å². The van der Waals surface area contributed by atoms with Crippen molar-refractivity contribution in [2.24, 2.45) is 17.3 Å². The van der Waals surface area contributed by atoms with E-state index in [0.29, 0.717) is 24.7 Å². The van der Waals surface area contributed by atoms with Gasteiger partial charge in [-0.15, -0.1) is 6.42 Å². The number of hydrogen-bond donors (Lipinski definition) is 1. The minimum Gasteiger partial charge on any atom is -0.377 e. The SMILES string of the molecule is C#C[C@]1(O)CC[C@H]2[C@@H]3CCC4=CC(=O)CCC4=C3C=CC21CC. The Balaban J connectivity index is 1.85. The third kappa shape index (κ3) is 1.83. The predicted octanol–water partition coefficient (Wildman–Crippen LogP) is 3.72. The molecule has 0 aromatic carbocycles. The highest BCUT2D eigenvalue weighted by molar-refractivity contribution is 5.93. The second-order valence-electron chi connectivity index (χ2n) is 7.59. The van der Waals surface area contributed by atoms with E-state index in [1.165, 1.54) is 16.7 Å². The van der Waals surface area contributed by atoms with E-state index in [4.69, 9.17) is 6.42 Å². The van der Waals surface area contributed by atoms with E-state index in [1.807, 2.05) is 6.08 Å². The molecule has 1 unspecified atom stereocenters. The van der Waals surface area contributed by atoms with Crippen LogP contribution in [0.1, 0.15) is 51.9 Å². The lowest BCUT2D eigenvalue weighted by atomic mass is 9.56. The van der Waals surface area contributed by atoms with Gasteiger partial charge < -0.3 is 5.11 Å². The van der Waals surface area contributed by atoms with E-state index < -0.39 is 5.60 Å². The van der Waals surface area contributed by atoms with E-state index in [-0.39, 0.29) is 11.2 Å². The maximum atomic E-state index is 11.7. The summed E-state index contributed by atoms with van der Waals surface area (Å²) in [5, 5.41) is 11.0. The zero-order chi connectivity index (χ0) is 16.2. The van der Waals surface area contributed by atoms with Crippen molar-refractivity contribution in [2.75, 3.05) is 0 Å². The molecular weight excluding hydrogens is 284 g/mol. The number of rotatable bonds is 1. The van der Waals surface area contributed by atoms with Crippen molar-refractivity contribution in [1.82, 2.24) is 0 Å². The van der Waals surface area contributed by atoms with Gasteiger partial charge in [-0.1, -0.05) is 25.0 Å². The van der Waals surface area contributed by atoms with Gasteiger partial charge in [-0.3, -0.25) is 4.79 Å². The van der Waals surface area contributed by atoms with Crippen molar-refractivity contribution in [3.05, 3.63) is 34.9 Å². The van der Waals surface area contributed by atoms with Gasteiger partial charge in [0.05, 0.1) is 0 Å². The summed E-state index contributed by atoms with van der Waals surface area (Å²) in [5.41, 5.74) is 2.80. The standard InChI is InChI=1S/C21H24O2/c1-3-20-11-9-17-16-8-6-15(22)13-14(16)5-7-18(17)19(20)10-12-21(20,23)4-2/h2,9,11,13,18-19,23H,3,5-8,10,12H2,1H3/t18-,19+,20?,21+/m1/s1. The van der Waals surface area contributed by atoms with Gasteiger partial charge in [-0.05, 0) is 73.2 Å². The topological polar surface area (TPSA) is 37.3 Å². The summed E-state index contributed by atoms with van der Waals surface area (Å²) >= 11 is 0. The fourth-order valence-electron chi connectivity index (χ4n) is 5.75. The first-order valence-corrected chi connectivity index (χ1v) is 8.91. The number of carbonyl (C=O) groups excluding carboxylic acids is 1. The molecule has 4 aliphatic rings. The number of terminal acetylenes is 1. The summed E-state index contributed by atoms with van der Waals surface area (Å²) in [6, 6.07) is 0. The Hall–Kier alpha value is -1.59. The fraction of sp³-hybridized carbons (Fsp3) is 0.571. The molecule has 0 aromatic rings. The molecule has 0 heterocycles. The van der Waals surface area contributed by atoms with Crippen LogP contribution >= 0.6 is 0 Å². The van der Waals surface area contributed by atoms with Gasteiger partial charge in [-0.25, -0.2) is 0 Å². The molecule has 0 radical (unpaired) electrons. The highest BCUT2D eigenvalue weighted by atomic mass is 16.3. The maximum absolute atomic E-state index is 11.7. The minimum absolute atomic E-state index is 0.271. The molecule has 0 aliphatic heterocycles. The lowest BCUT2D eigenvalue weighted by molar-refractivity contribution is -0.114. The Labute approximate surface area is 138 Å². The predicted molar refractivity (Wildman–Crippen MR) is 90.4 cm³/mol. The third-order valence-electron chi connectivity index (χ3n) is 6.94. The molecule has 2 nitrogen and oxygen atoms in total. The van der Waals surface area contributed by atoms with Crippen molar-refractivity contribution in [2.45, 2.75) is 57.5 Å². The number of fused-ring (bicyclic) bond motifs is 4. The van der Waals surface area contributed by atoms with Crippen LogP contribution < -0.4 is 0 Å². The lowest BCUT2D eigenvalue weighted by Gasteiger charge is -2.48. The van der Waals surface area contributed by atoms with Crippen LogP contribution in [0.3, 0.4) is 0 Å². The van der Waals surface area contributed by atoms with E-state index in [0.717, 1.165) is 32.1 Å². The van der Waals surface area contributed by atoms with Crippen LogP contribution in [-0.2, 0) is 4.79 Å². The Bertz CT molecular complexity index is 702. The van der Waals surface area contributed by atoms with Crippen molar-refractivity contribution >= 4 is 5.78 Å². The number of ketones is 1. The van der Waals surface area contributed by atoms with E-state index in [2.05, 4.69) is 25.0 Å². The summed E-state index contributed by atoms with van der Waals surface area (Å²) in [5.74, 6) is 3.91. The number of carbonyl (C=O) groups is 1. The molecule has 0 aromatic heterocycles. The number of allylic oxidation sites excluding steroid dienone is 5. The second-order valence-corrected chi connectivity index (χ2v) is 7.59. The van der Waals surface area contributed by atoms with Crippen LogP contribution in [0.15, 0.2) is 34.9 Å². The van der Waals surface area contributed by atoms with Gasteiger partial charge in [0.1, 0.15) is 5.60 Å². The molecular formula is C21H24O2. The Morgan fingerprint density at radius 2 is 2.17 bits per heavy atom. The fourth-order valence-corrected chi connectivity index (χ4v) is 5.75. The second kappa shape index (κ2) is 4.95. The Morgan fingerprint density at radius 3 is 2.91 bits per heavy atom. The normalized spacial score (nSPS) is 41.8. The largest absolute Gasteiger partial charge is 0.377 e. The highest BCUT2D eigenvalue weighted by Gasteiger charge is 2.60. The van der Waals surface area contributed by atoms with Crippen LogP contribution in [-0.4, -0.2) is 16.5 Å². The van der Waals surface area contributed by atoms with E-state index in [9.17, 15) is 9.90 Å². The monoisotopic (exact) mass is 308 g/mol. The molecule has 4 atom stereocenters. The van der Waals surface area contributed by atoms with Gasteiger partial charge in [-0.2, -0.15) is 0 Å². The molecule has 1 fully saturated rings. The van der Waals surface area contributed by atoms with Crippen LogP contribution in [0.5, 0.6) is 0 Å². The van der Waals surface area contributed by atoms with E-state index >= 15 is 0 Å². The highest BCUT2D eigenvalue weighted by Crippen LogP contribution is 2.62. The molecule has 4 rings (SSSR count). The lowest BCUT2D eigenvalue weighted by Crippen LogP contribution is -2.48. The Kier molecular flexibility index (Phi) is 3.22. The first-order chi connectivity index (χ1) is 11.0. The van der Waals surface area contributed by atoms with Gasteiger partial charge in [0.15, 0.2) is 5.78 Å². The first kappa shape index (κ1) is 15.0. The number of hydrogen-bond acceptors (Lipinski definition) is 2. The van der Waals surface area contributed by atoms with Crippen molar-refractivity contribution in [3.63, 3.8) is 0 Å². The van der Waals surface area contributed by atoms with Crippen molar-refractivity contribution in [1.29, 1.82) is 0 Å². The Morgan fingerprint density at radius 1 is 1.35 bits per heavy atom. The minimum atomic E-state index is -1.00. The molecule has 0 spiro atoms. The molecule has 0 amide bonds.